The van der Waals surface area contributed by atoms with Gasteiger partial charge < -0.3 is 14.4 Å². The van der Waals surface area contributed by atoms with Gasteiger partial charge >= 0.3 is 0 Å². The minimum absolute atomic E-state index is 0.302. The van der Waals surface area contributed by atoms with E-state index in [1.54, 1.807) is 0 Å². The highest BCUT2D eigenvalue weighted by Gasteiger charge is 2.15. The average molecular weight is 237 g/mol. The molecule has 2 heterocycles. The van der Waals surface area contributed by atoms with Crippen LogP contribution < -0.4 is 0 Å². The highest BCUT2D eigenvalue weighted by atomic mass is 16.5. The van der Waals surface area contributed by atoms with Gasteiger partial charge in [-0.3, -0.25) is 0 Å². The van der Waals surface area contributed by atoms with Gasteiger partial charge in [0, 0.05) is 25.5 Å². The lowest BCUT2D eigenvalue weighted by molar-refractivity contribution is 0.100. The van der Waals surface area contributed by atoms with Gasteiger partial charge in [0.15, 0.2) is 0 Å². The number of aromatic nitrogens is 1. The fourth-order valence-corrected chi connectivity index (χ4v) is 2.40. The maximum atomic E-state index is 9.88. The lowest BCUT2D eigenvalue weighted by Gasteiger charge is -2.10. The number of aliphatic hydroxyl groups excluding tert-OH is 1. The first kappa shape index (κ1) is 12.7. The maximum Gasteiger partial charge on any atom is 0.0804 e. The van der Waals surface area contributed by atoms with Gasteiger partial charge in [-0.15, -0.1) is 0 Å². The molecule has 1 aliphatic rings. The van der Waals surface area contributed by atoms with Crippen LogP contribution in [-0.2, 0) is 11.3 Å². The molecule has 0 aliphatic carbocycles. The van der Waals surface area contributed by atoms with Crippen LogP contribution >= 0.6 is 0 Å². The highest BCUT2D eigenvalue weighted by molar-refractivity contribution is 5.13. The first-order chi connectivity index (χ1) is 8.29. The molecule has 0 bridgehead atoms. The van der Waals surface area contributed by atoms with Crippen LogP contribution in [-0.4, -0.2) is 22.4 Å². The molecule has 1 aromatic heterocycles. The molecule has 0 spiro atoms. The van der Waals surface area contributed by atoms with E-state index in [2.05, 4.69) is 23.9 Å². The molecule has 96 valence electrons. The minimum Gasteiger partial charge on any atom is -0.388 e. The molecule has 17 heavy (non-hydrogen) atoms. The molecule has 3 heteroatoms. The van der Waals surface area contributed by atoms with E-state index in [1.807, 2.05) is 6.07 Å². The molecule has 2 atom stereocenters. The molecule has 1 saturated heterocycles. The van der Waals surface area contributed by atoms with Crippen molar-refractivity contribution in [3.63, 3.8) is 0 Å². The van der Waals surface area contributed by atoms with E-state index < -0.39 is 0 Å². The van der Waals surface area contributed by atoms with Crippen LogP contribution in [0.4, 0.5) is 0 Å². The number of ether oxygens (including phenoxy) is 1. The standard InChI is InChI=1S/C14H23NO2/c1-2-4-14(16)12-6-8-15(11-12)9-7-13-5-3-10-17-13/h6,8,11,13-14,16H,2-5,7,9-10H2,1H3. The van der Waals surface area contributed by atoms with Crippen molar-refractivity contribution in [2.75, 3.05) is 6.61 Å². The summed E-state index contributed by atoms with van der Waals surface area (Å²) in [6.45, 7) is 4.01. The van der Waals surface area contributed by atoms with Crippen LogP contribution in [0.5, 0.6) is 0 Å². The van der Waals surface area contributed by atoms with Crippen LogP contribution in [0.1, 0.15) is 50.7 Å². The summed E-state index contributed by atoms with van der Waals surface area (Å²) in [7, 11) is 0. The molecule has 2 unspecified atom stereocenters. The molecular weight excluding hydrogens is 214 g/mol. The summed E-state index contributed by atoms with van der Waals surface area (Å²) in [5.74, 6) is 0. The van der Waals surface area contributed by atoms with Gasteiger partial charge in [0.25, 0.3) is 0 Å². The SMILES string of the molecule is CCCC(O)c1ccn(CCC2CCCO2)c1. The first-order valence-corrected chi connectivity index (χ1v) is 6.75. The predicted octanol–water partition coefficient (Wildman–Crippen LogP) is 2.89. The molecule has 0 amide bonds. The summed E-state index contributed by atoms with van der Waals surface area (Å²) in [6.07, 6.45) is 9.61. The second-order valence-corrected chi connectivity index (χ2v) is 4.91. The van der Waals surface area contributed by atoms with Crippen molar-refractivity contribution in [2.24, 2.45) is 0 Å². The van der Waals surface area contributed by atoms with Gasteiger partial charge in [-0.25, -0.2) is 0 Å². The second kappa shape index (κ2) is 6.22. The van der Waals surface area contributed by atoms with Gasteiger partial charge in [0.05, 0.1) is 12.2 Å². The van der Waals surface area contributed by atoms with E-state index in [4.69, 9.17) is 4.74 Å². The molecule has 2 rings (SSSR count). The minimum atomic E-state index is -0.302. The van der Waals surface area contributed by atoms with Crippen LogP contribution in [0.15, 0.2) is 18.5 Å². The molecule has 0 saturated carbocycles. The number of nitrogens with zero attached hydrogens (tertiary/aromatic N) is 1. The quantitative estimate of drug-likeness (QED) is 0.825. The third kappa shape index (κ3) is 3.58. The van der Waals surface area contributed by atoms with Crippen molar-refractivity contribution < 1.29 is 9.84 Å². The van der Waals surface area contributed by atoms with Gasteiger partial charge in [0.1, 0.15) is 0 Å². The molecular formula is C14H23NO2. The second-order valence-electron chi connectivity index (χ2n) is 4.91. The first-order valence-electron chi connectivity index (χ1n) is 6.75. The highest BCUT2D eigenvalue weighted by Crippen LogP contribution is 2.20. The van der Waals surface area contributed by atoms with Gasteiger partial charge in [-0.05, 0) is 37.3 Å². The Labute approximate surface area is 103 Å². The largest absolute Gasteiger partial charge is 0.388 e. The fourth-order valence-electron chi connectivity index (χ4n) is 2.40. The predicted molar refractivity (Wildman–Crippen MR) is 67.9 cm³/mol. The smallest absolute Gasteiger partial charge is 0.0804 e. The Balaban J connectivity index is 1.80. The maximum absolute atomic E-state index is 9.88. The fraction of sp³-hybridized carbons (Fsp3) is 0.714. The number of hydrogen-bond acceptors (Lipinski definition) is 2. The zero-order chi connectivity index (χ0) is 12.1. The van der Waals surface area contributed by atoms with Crippen molar-refractivity contribution in [2.45, 2.75) is 57.8 Å². The lowest BCUT2D eigenvalue weighted by atomic mass is 10.1. The molecule has 1 fully saturated rings. The van der Waals surface area contributed by atoms with E-state index in [-0.39, 0.29) is 6.10 Å². The van der Waals surface area contributed by atoms with E-state index >= 15 is 0 Å². The van der Waals surface area contributed by atoms with E-state index in [9.17, 15) is 5.11 Å². The third-order valence-electron chi connectivity index (χ3n) is 3.45. The zero-order valence-corrected chi connectivity index (χ0v) is 10.6. The van der Waals surface area contributed by atoms with E-state index in [1.165, 1.54) is 12.8 Å². The number of aliphatic hydroxyl groups is 1. The van der Waals surface area contributed by atoms with E-state index in [0.29, 0.717) is 6.10 Å². The zero-order valence-electron chi connectivity index (χ0n) is 10.6. The van der Waals surface area contributed by atoms with Crippen molar-refractivity contribution >= 4 is 0 Å². The normalized spacial score (nSPS) is 21.9. The topological polar surface area (TPSA) is 34.4 Å². The summed E-state index contributed by atoms with van der Waals surface area (Å²) >= 11 is 0. The van der Waals surface area contributed by atoms with Crippen molar-refractivity contribution in [3.05, 3.63) is 24.0 Å². The molecule has 1 aliphatic heterocycles. The average Bonchev–Trinajstić information content (AvgIpc) is 2.98. The van der Waals surface area contributed by atoms with Crippen LogP contribution in [0.25, 0.3) is 0 Å². The van der Waals surface area contributed by atoms with E-state index in [0.717, 1.165) is 38.0 Å². The van der Waals surface area contributed by atoms with Crippen LogP contribution in [0, 0.1) is 0 Å². The van der Waals surface area contributed by atoms with Crippen molar-refractivity contribution in [1.82, 2.24) is 4.57 Å². The van der Waals surface area contributed by atoms with Gasteiger partial charge in [0.2, 0.25) is 0 Å². The molecule has 0 radical (unpaired) electrons. The van der Waals surface area contributed by atoms with Gasteiger partial charge in [-0.2, -0.15) is 0 Å². The number of hydrogen-bond donors (Lipinski definition) is 1. The third-order valence-corrected chi connectivity index (χ3v) is 3.45. The summed E-state index contributed by atoms with van der Waals surface area (Å²) in [5.41, 5.74) is 1.04. The summed E-state index contributed by atoms with van der Waals surface area (Å²) < 4.78 is 7.77. The molecule has 3 nitrogen and oxygen atoms in total. The Morgan fingerprint density at radius 3 is 3.18 bits per heavy atom. The Hall–Kier alpha value is -0.800. The molecule has 1 N–H and O–H groups in total. The Bertz CT molecular complexity index is 329. The summed E-state index contributed by atoms with van der Waals surface area (Å²) in [4.78, 5) is 0. The molecule has 1 aromatic rings. The van der Waals surface area contributed by atoms with Crippen LogP contribution in [0.2, 0.25) is 0 Å². The summed E-state index contributed by atoms with van der Waals surface area (Å²) in [5, 5.41) is 9.88. The Morgan fingerprint density at radius 2 is 2.47 bits per heavy atom. The van der Waals surface area contributed by atoms with Crippen LogP contribution in [0.3, 0.4) is 0 Å². The Kier molecular flexibility index (Phi) is 4.63. The lowest BCUT2D eigenvalue weighted by Crippen LogP contribution is -2.09. The van der Waals surface area contributed by atoms with Crippen molar-refractivity contribution in [1.29, 1.82) is 0 Å². The van der Waals surface area contributed by atoms with Gasteiger partial charge in [-0.1, -0.05) is 13.3 Å². The summed E-state index contributed by atoms with van der Waals surface area (Å²) in [6, 6.07) is 2.02. The monoisotopic (exact) mass is 237 g/mol. The Morgan fingerprint density at radius 1 is 1.59 bits per heavy atom. The number of aryl methyl sites for hydroxylation is 1. The number of rotatable bonds is 6. The molecule has 0 aromatic carbocycles. The van der Waals surface area contributed by atoms with Crippen molar-refractivity contribution in [3.8, 4) is 0 Å².